The van der Waals surface area contributed by atoms with Crippen LogP contribution >= 0.6 is 11.3 Å². The van der Waals surface area contributed by atoms with Gasteiger partial charge in [-0.25, -0.2) is 18.2 Å². The van der Waals surface area contributed by atoms with E-state index in [2.05, 4.69) is 10.3 Å². The van der Waals surface area contributed by atoms with Gasteiger partial charge in [0.05, 0.1) is 12.3 Å². The summed E-state index contributed by atoms with van der Waals surface area (Å²) in [5.41, 5.74) is 1.30. The second kappa shape index (κ2) is 9.46. The summed E-state index contributed by atoms with van der Waals surface area (Å²) in [7, 11) is -2.03. The first-order valence-corrected chi connectivity index (χ1v) is 12.8. The number of nitrogens with one attached hydrogen (secondary N) is 1. The van der Waals surface area contributed by atoms with Crippen LogP contribution in [0.4, 0.5) is 5.13 Å². The van der Waals surface area contributed by atoms with Gasteiger partial charge in [0.15, 0.2) is 5.13 Å². The highest BCUT2D eigenvalue weighted by atomic mass is 32.2. The molecule has 33 heavy (non-hydrogen) atoms. The predicted octanol–water partition coefficient (Wildman–Crippen LogP) is 3.36. The van der Waals surface area contributed by atoms with E-state index in [1.54, 1.807) is 14.0 Å². The van der Waals surface area contributed by atoms with Crippen LogP contribution in [0.1, 0.15) is 39.9 Å². The van der Waals surface area contributed by atoms with E-state index < -0.39 is 21.9 Å². The van der Waals surface area contributed by atoms with Crippen LogP contribution in [0.25, 0.3) is 11.3 Å². The third-order valence-electron chi connectivity index (χ3n) is 5.27. The third-order valence-corrected chi connectivity index (χ3v) is 8.09. The van der Waals surface area contributed by atoms with E-state index in [1.807, 2.05) is 30.3 Å². The number of rotatable bonds is 7. The molecule has 1 amide bonds. The fraction of sp³-hybridized carbons (Fsp3) is 0.318. The maximum atomic E-state index is 13.0. The van der Waals surface area contributed by atoms with E-state index in [-0.39, 0.29) is 27.2 Å². The molecular formula is C22H24N4O5S2. The van der Waals surface area contributed by atoms with Gasteiger partial charge in [0, 0.05) is 31.9 Å². The summed E-state index contributed by atoms with van der Waals surface area (Å²) in [4.78, 5) is 30.2. The van der Waals surface area contributed by atoms with E-state index in [9.17, 15) is 18.0 Å². The molecule has 3 aromatic rings. The van der Waals surface area contributed by atoms with E-state index >= 15 is 0 Å². The quantitative estimate of drug-likeness (QED) is 0.511. The van der Waals surface area contributed by atoms with E-state index in [0.29, 0.717) is 18.8 Å². The first-order valence-electron chi connectivity index (χ1n) is 10.5. The van der Waals surface area contributed by atoms with Gasteiger partial charge in [-0.05, 0) is 25.8 Å². The summed E-state index contributed by atoms with van der Waals surface area (Å²) in [5, 5.41) is 2.91. The van der Waals surface area contributed by atoms with Crippen LogP contribution in [0.15, 0.2) is 47.5 Å². The highest BCUT2D eigenvalue weighted by Gasteiger charge is 2.30. The van der Waals surface area contributed by atoms with Crippen LogP contribution in [-0.2, 0) is 21.8 Å². The Morgan fingerprint density at radius 3 is 2.55 bits per heavy atom. The number of anilines is 1. The number of carbonyl (C=O) groups excluding carboxylic acids is 2. The number of ether oxygens (including phenoxy) is 1. The molecule has 1 aliphatic rings. The molecule has 1 aromatic carbocycles. The number of aromatic nitrogens is 2. The molecule has 1 fully saturated rings. The van der Waals surface area contributed by atoms with E-state index in [0.717, 1.165) is 29.7 Å². The first-order chi connectivity index (χ1) is 15.8. The van der Waals surface area contributed by atoms with Crippen molar-refractivity contribution in [3.63, 3.8) is 0 Å². The molecule has 0 radical (unpaired) electrons. The molecule has 174 valence electrons. The minimum absolute atomic E-state index is 0.0772. The SMILES string of the molecule is CCOC(=O)c1sc(NC(=O)c2cc(S(=O)(=O)N3CCCC3)cn2C)nc1-c1ccccc1. The lowest BCUT2D eigenvalue weighted by atomic mass is 10.1. The van der Waals surface area contributed by atoms with Crippen LogP contribution in [0.3, 0.4) is 0 Å². The average Bonchev–Trinajstić information content (AvgIpc) is 3.54. The van der Waals surface area contributed by atoms with Gasteiger partial charge in [-0.2, -0.15) is 4.31 Å². The van der Waals surface area contributed by atoms with Crippen molar-refractivity contribution in [1.82, 2.24) is 13.9 Å². The maximum absolute atomic E-state index is 13.0. The molecule has 0 spiro atoms. The lowest BCUT2D eigenvalue weighted by Crippen LogP contribution is -2.27. The number of nitrogens with zero attached hydrogens (tertiary/aromatic N) is 3. The Morgan fingerprint density at radius 2 is 1.88 bits per heavy atom. The largest absolute Gasteiger partial charge is 0.462 e. The molecule has 0 aliphatic carbocycles. The Bertz CT molecular complexity index is 1280. The predicted molar refractivity (Wildman–Crippen MR) is 125 cm³/mol. The van der Waals surface area contributed by atoms with Gasteiger partial charge in [0.1, 0.15) is 15.5 Å². The molecule has 0 atom stereocenters. The van der Waals surface area contributed by atoms with Crippen molar-refractivity contribution in [2.75, 3.05) is 25.0 Å². The molecule has 1 N–H and O–H groups in total. The summed E-state index contributed by atoms with van der Waals surface area (Å²) in [6.45, 7) is 2.89. The normalized spacial score (nSPS) is 14.4. The first kappa shape index (κ1) is 23.1. The van der Waals surface area contributed by atoms with Crippen molar-refractivity contribution in [3.05, 3.63) is 53.2 Å². The minimum atomic E-state index is -3.64. The summed E-state index contributed by atoms with van der Waals surface area (Å²) in [6.07, 6.45) is 3.09. The molecule has 0 saturated carbocycles. The molecule has 4 rings (SSSR count). The van der Waals surface area contributed by atoms with Crippen molar-refractivity contribution in [1.29, 1.82) is 0 Å². The van der Waals surface area contributed by atoms with Crippen LogP contribution in [-0.4, -0.2) is 53.8 Å². The summed E-state index contributed by atoms with van der Waals surface area (Å²) >= 11 is 1.01. The van der Waals surface area contributed by atoms with Gasteiger partial charge < -0.3 is 9.30 Å². The van der Waals surface area contributed by atoms with Crippen LogP contribution in [0.5, 0.6) is 0 Å². The highest BCUT2D eigenvalue weighted by Crippen LogP contribution is 2.32. The number of hydrogen-bond donors (Lipinski definition) is 1. The molecular weight excluding hydrogens is 464 g/mol. The van der Waals surface area contributed by atoms with Crippen LogP contribution in [0.2, 0.25) is 0 Å². The molecule has 0 unspecified atom stereocenters. The number of amides is 1. The zero-order chi connectivity index (χ0) is 23.6. The van der Waals surface area contributed by atoms with Gasteiger partial charge in [-0.15, -0.1) is 0 Å². The fourth-order valence-corrected chi connectivity index (χ4v) is 6.11. The molecule has 2 aromatic heterocycles. The van der Waals surface area contributed by atoms with Crippen molar-refractivity contribution in [2.24, 2.45) is 7.05 Å². The Balaban J connectivity index is 1.61. The standard InChI is InChI=1S/C22H24N4O5S2/c1-3-31-21(28)19-18(15-9-5-4-6-10-15)23-22(32-19)24-20(27)17-13-16(14-25(17)2)33(29,30)26-11-7-8-12-26/h4-6,9-10,13-14H,3,7-8,11-12H2,1-2H3,(H,23,24,27). The lowest BCUT2D eigenvalue weighted by molar-refractivity contribution is 0.0532. The second-order valence-electron chi connectivity index (χ2n) is 7.52. The number of esters is 1. The Kier molecular flexibility index (Phi) is 6.63. The van der Waals surface area contributed by atoms with Gasteiger partial charge in [0.2, 0.25) is 10.0 Å². The molecule has 0 bridgehead atoms. The number of thiazole rings is 1. The molecule has 9 nitrogen and oxygen atoms in total. The van der Waals surface area contributed by atoms with Crippen LogP contribution < -0.4 is 5.32 Å². The molecule has 1 saturated heterocycles. The number of hydrogen-bond acceptors (Lipinski definition) is 7. The summed E-state index contributed by atoms with van der Waals surface area (Å²) < 4.78 is 33.7. The van der Waals surface area contributed by atoms with E-state index in [1.165, 1.54) is 21.1 Å². The smallest absolute Gasteiger partial charge is 0.350 e. The second-order valence-corrected chi connectivity index (χ2v) is 10.5. The lowest BCUT2D eigenvalue weighted by Gasteiger charge is -2.13. The number of benzene rings is 1. The maximum Gasteiger partial charge on any atom is 0.350 e. The zero-order valence-corrected chi connectivity index (χ0v) is 19.9. The highest BCUT2D eigenvalue weighted by molar-refractivity contribution is 7.89. The van der Waals surface area contributed by atoms with Gasteiger partial charge in [-0.1, -0.05) is 41.7 Å². The number of carbonyl (C=O) groups is 2. The number of sulfonamides is 1. The Morgan fingerprint density at radius 1 is 1.18 bits per heavy atom. The van der Waals surface area contributed by atoms with Gasteiger partial charge in [-0.3, -0.25) is 10.1 Å². The minimum Gasteiger partial charge on any atom is -0.462 e. The fourth-order valence-electron chi connectivity index (χ4n) is 3.64. The third kappa shape index (κ3) is 4.70. The van der Waals surface area contributed by atoms with Crippen LogP contribution in [0, 0.1) is 0 Å². The van der Waals surface area contributed by atoms with Crippen molar-refractivity contribution >= 4 is 38.4 Å². The number of aryl methyl sites for hydroxylation is 1. The molecule has 11 heteroatoms. The topological polar surface area (TPSA) is 111 Å². The molecule has 3 heterocycles. The summed E-state index contributed by atoms with van der Waals surface area (Å²) in [6, 6.07) is 10.5. The molecule has 1 aliphatic heterocycles. The monoisotopic (exact) mass is 488 g/mol. The van der Waals surface area contributed by atoms with Crippen molar-refractivity contribution in [3.8, 4) is 11.3 Å². The average molecular weight is 489 g/mol. The Labute approximate surface area is 196 Å². The van der Waals surface area contributed by atoms with Crippen molar-refractivity contribution < 1.29 is 22.7 Å². The Hall–Kier alpha value is -3.02. The van der Waals surface area contributed by atoms with E-state index in [4.69, 9.17) is 4.74 Å². The van der Waals surface area contributed by atoms with Gasteiger partial charge >= 0.3 is 5.97 Å². The van der Waals surface area contributed by atoms with Gasteiger partial charge in [0.25, 0.3) is 5.91 Å². The summed E-state index contributed by atoms with van der Waals surface area (Å²) in [5.74, 6) is -1.05. The zero-order valence-electron chi connectivity index (χ0n) is 18.3. The van der Waals surface area contributed by atoms with Crippen molar-refractivity contribution in [2.45, 2.75) is 24.7 Å².